The number of anilines is 1. The van der Waals surface area contributed by atoms with E-state index in [9.17, 15) is 0 Å². The Labute approximate surface area is 106 Å². The highest BCUT2D eigenvalue weighted by Crippen LogP contribution is 2.05. The molecule has 17 heavy (non-hydrogen) atoms. The van der Waals surface area contributed by atoms with Crippen molar-refractivity contribution >= 4 is 23.0 Å². The van der Waals surface area contributed by atoms with E-state index < -0.39 is 0 Å². The summed E-state index contributed by atoms with van der Waals surface area (Å²) in [6, 6.07) is 12.0. The molecule has 2 N–H and O–H groups in total. The van der Waals surface area contributed by atoms with Gasteiger partial charge in [0.2, 0.25) is 0 Å². The summed E-state index contributed by atoms with van der Waals surface area (Å²) in [5, 5.41) is 6.94. The van der Waals surface area contributed by atoms with Crippen LogP contribution in [0.4, 0.5) is 5.69 Å². The molecule has 4 heteroatoms. The topological polar surface area (TPSA) is 29.0 Å². The molecule has 0 aliphatic rings. The average Bonchev–Trinajstić information content (AvgIpc) is 2.74. The molecule has 0 aliphatic heterocycles. The maximum absolute atomic E-state index is 5.21. The van der Waals surface area contributed by atoms with Gasteiger partial charge in [-0.3, -0.25) is 0 Å². The van der Waals surface area contributed by atoms with Gasteiger partial charge in [-0.05, 0) is 36.0 Å². The maximum Gasteiger partial charge on any atom is 0.171 e. The third-order valence-electron chi connectivity index (χ3n) is 2.38. The molecule has 0 saturated heterocycles. The van der Waals surface area contributed by atoms with E-state index in [1.807, 2.05) is 48.1 Å². The number of nitrogens with one attached hydrogen (secondary N) is 2. The zero-order valence-electron chi connectivity index (χ0n) is 9.68. The quantitative estimate of drug-likeness (QED) is 0.814. The van der Waals surface area contributed by atoms with Gasteiger partial charge >= 0.3 is 0 Å². The standard InChI is InChI=1S/C13H15N3S/c1-16-8-7-11(10-16)9-14-13(17)15-12-5-3-2-4-6-12/h2-8,10H,9H2,1H3,(H2,14,15,17). The van der Waals surface area contributed by atoms with Crippen molar-refractivity contribution in [3.05, 3.63) is 54.4 Å². The zero-order chi connectivity index (χ0) is 12.1. The van der Waals surface area contributed by atoms with Gasteiger partial charge in [-0.15, -0.1) is 0 Å². The number of nitrogens with zero attached hydrogens (tertiary/aromatic N) is 1. The molecule has 2 aromatic rings. The van der Waals surface area contributed by atoms with Gasteiger partial charge < -0.3 is 15.2 Å². The Morgan fingerprint density at radius 3 is 2.65 bits per heavy atom. The Morgan fingerprint density at radius 1 is 1.24 bits per heavy atom. The Kier molecular flexibility index (Phi) is 3.77. The number of hydrogen-bond acceptors (Lipinski definition) is 1. The predicted octanol–water partition coefficient (Wildman–Crippen LogP) is 2.51. The van der Waals surface area contributed by atoms with Crippen LogP contribution in [0.25, 0.3) is 0 Å². The summed E-state index contributed by atoms with van der Waals surface area (Å²) >= 11 is 5.21. The monoisotopic (exact) mass is 245 g/mol. The molecular formula is C13H15N3S. The minimum Gasteiger partial charge on any atom is -0.358 e. The van der Waals surface area contributed by atoms with Gasteiger partial charge in [-0.2, -0.15) is 0 Å². The molecule has 3 nitrogen and oxygen atoms in total. The van der Waals surface area contributed by atoms with Crippen LogP contribution in [0.2, 0.25) is 0 Å². The van der Waals surface area contributed by atoms with E-state index in [1.165, 1.54) is 5.56 Å². The summed E-state index contributed by atoms with van der Waals surface area (Å²) < 4.78 is 2.02. The molecule has 0 spiro atoms. The Bertz CT molecular complexity index is 490. The van der Waals surface area contributed by atoms with Gasteiger partial charge in [0.15, 0.2) is 5.11 Å². The number of benzene rings is 1. The van der Waals surface area contributed by atoms with Crippen molar-refractivity contribution in [1.29, 1.82) is 0 Å². The van der Waals surface area contributed by atoms with Crippen LogP contribution >= 0.6 is 12.2 Å². The molecule has 0 aliphatic carbocycles. The molecule has 0 fully saturated rings. The van der Waals surface area contributed by atoms with E-state index in [1.54, 1.807) is 0 Å². The van der Waals surface area contributed by atoms with E-state index in [4.69, 9.17) is 12.2 Å². The lowest BCUT2D eigenvalue weighted by Crippen LogP contribution is -2.27. The largest absolute Gasteiger partial charge is 0.358 e. The number of rotatable bonds is 3. The van der Waals surface area contributed by atoms with E-state index in [-0.39, 0.29) is 0 Å². The molecule has 0 bridgehead atoms. The zero-order valence-corrected chi connectivity index (χ0v) is 10.5. The smallest absolute Gasteiger partial charge is 0.171 e. The molecule has 88 valence electrons. The number of para-hydroxylation sites is 1. The number of aryl methyl sites for hydroxylation is 1. The van der Waals surface area contributed by atoms with Crippen molar-refractivity contribution < 1.29 is 0 Å². The highest BCUT2D eigenvalue weighted by atomic mass is 32.1. The van der Waals surface area contributed by atoms with Crippen molar-refractivity contribution in [2.75, 3.05) is 5.32 Å². The van der Waals surface area contributed by atoms with Crippen LogP contribution in [-0.4, -0.2) is 9.68 Å². The van der Waals surface area contributed by atoms with Gasteiger partial charge in [0, 0.05) is 31.7 Å². The number of aromatic nitrogens is 1. The summed E-state index contributed by atoms with van der Waals surface area (Å²) in [5.41, 5.74) is 2.21. The average molecular weight is 245 g/mol. The van der Waals surface area contributed by atoms with E-state index in [0.29, 0.717) is 5.11 Å². The second kappa shape index (κ2) is 5.50. The fourth-order valence-electron chi connectivity index (χ4n) is 1.54. The molecular weight excluding hydrogens is 230 g/mol. The van der Waals surface area contributed by atoms with Crippen molar-refractivity contribution in [3.63, 3.8) is 0 Å². The van der Waals surface area contributed by atoms with Gasteiger partial charge in [-0.1, -0.05) is 18.2 Å². The third kappa shape index (κ3) is 3.60. The number of thiocarbonyl (C=S) groups is 1. The van der Waals surface area contributed by atoms with Crippen molar-refractivity contribution in [2.45, 2.75) is 6.54 Å². The lowest BCUT2D eigenvalue weighted by molar-refractivity contribution is 0.890. The van der Waals surface area contributed by atoms with Gasteiger partial charge in [0.1, 0.15) is 0 Å². The van der Waals surface area contributed by atoms with Crippen molar-refractivity contribution in [2.24, 2.45) is 7.05 Å². The first kappa shape index (κ1) is 11.7. The molecule has 0 unspecified atom stereocenters. The van der Waals surface area contributed by atoms with Crippen molar-refractivity contribution in [1.82, 2.24) is 9.88 Å². The fraction of sp³-hybridized carbons (Fsp3) is 0.154. The van der Waals surface area contributed by atoms with Crippen LogP contribution < -0.4 is 10.6 Å². The Balaban J connectivity index is 1.82. The van der Waals surface area contributed by atoms with Crippen molar-refractivity contribution in [3.8, 4) is 0 Å². The highest BCUT2D eigenvalue weighted by Gasteiger charge is 1.98. The lowest BCUT2D eigenvalue weighted by Gasteiger charge is -2.09. The summed E-state index contributed by atoms with van der Waals surface area (Å²) in [7, 11) is 2.00. The number of hydrogen-bond donors (Lipinski definition) is 2. The molecule has 1 aromatic carbocycles. The van der Waals surface area contributed by atoms with Crippen LogP contribution in [-0.2, 0) is 13.6 Å². The first-order valence-electron chi connectivity index (χ1n) is 5.45. The summed E-state index contributed by atoms with van der Waals surface area (Å²) in [4.78, 5) is 0. The molecule has 0 atom stereocenters. The first-order chi connectivity index (χ1) is 8.24. The molecule has 2 rings (SSSR count). The minimum atomic E-state index is 0.639. The van der Waals surface area contributed by atoms with Gasteiger partial charge in [0.05, 0.1) is 0 Å². The summed E-state index contributed by atoms with van der Waals surface area (Å²) in [6.45, 7) is 0.736. The second-order valence-electron chi connectivity index (χ2n) is 3.86. The lowest BCUT2D eigenvalue weighted by atomic mass is 10.3. The molecule has 1 aromatic heterocycles. The molecule has 0 saturated carbocycles. The SMILES string of the molecule is Cn1ccc(CNC(=S)Nc2ccccc2)c1. The third-order valence-corrected chi connectivity index (χ3v) is 2.62. The van der Waals surface area contributed by atoms with E-state index >= 15 is 0 Å². The summed E-state index contributed by atoms with van der Waals surface area (Å²) in [5.74, 6) is 0. The summed E-state index contributed by atoms with van der Waals surface area (Å²) in [6.07, 6.45) is 4.09. The van der Waals surface area contributed by atoms with Gasteiger partial charge in [0.25, 0.3) is 0 Å². The Morgan fingerprint density at radius 2 is 2.00 bits per heavy atom. The Hall–Kier alpha value is -1.81. The van der Waals surface area contributed by atoms with Crippen LogP contribution in [0.5, 0.6) is 0 Å². The van der Waals surface area contributed by atoms with E-state index in [0.717, 1.165) is 12.2 Å². The van der Waals surface area contributed by atoms with Crippen LogP contribution in [0, 0.1) is 0 Å². The highest BCUT2D eigenvalue weighted by molar-refractivity contribution is 7.80. The minimum absolute atomic E-state index is 0.639. The predicted molar refractivity (Wildman–Crippen MR) is 74.9 cm³/mol. The maximum atomic E-state index is 5.21. The molecule has 0 radical (unpaired) electrons. The van der Waals surface area contributed by atoms with E-state index in [2.05, 4.69) is 22.9 Å². The second-order valence-corrected chi connectivity index (χ2v) is 4.27. The van der Waals surface area contributed by atoms with Crippen LogP contribution in [0.15, 0.2) is 48.8 Å². The van der Waals surface area contributed by atoms with Crippen LogP contribution in [0.3, 0.4) is 0 Å². The van der Waals surface area contributed by atoms with Crippen LogP contribution in [0.1, 0.15) is 5.56 Å². The first-order valence-corrected chi connectivity index (χ1v) is 5.85. The normalized spacial score (nSPS) is 9.94. The molecule has 0 amide bonds. The molecule has 1 heterocycles. The fourth-order valence-corrected chi connectivity index (χ4v) is 1.73. The van der Waals surface area contributed by atoms with Gasteiger partial charge in [-0.25, -0.2) is 0 Å².